The van der Waals surface area contributed by atoms with Crippen LogP contribution in [0.4, 0.5) is 5.69 Å². The number of fused-ring (bicyclic) bond motifs is 1. The molecule has 0 spiro atoms. The molecule has 0 atom stereocenters. The van der Waals surface area contributed by atoms with Gasteiger partial charge in [0.15, 0.2) is 10.9 Å². The molecule has 1 N–H and O–H groups in total. The van der Waals surface area contributed by atoms with Gasteiger partial charge in [-0.25, -0.2) is 0 Å². The van der Waals surface area contributed by atoms with Crippen LogP contribution in [-0.2, 0) is 9.59 Å². The number of aliphatic carboxylic acids is 1. The van der Waals surface area contributed by atoms with E-state index in [1.165, 1.54) is 4.90 Å². The van der Waals surface area contributed by atoms with Crippen LogP contribution in [0, 0.1) is 0 Å². The molecule has 0 aromatic heterocycles. The Morgan fingerprint density at radius 3 is 2.65 bits per heavy atom. The lowest BCUT2D eigenvalue weighted by molar-refractivity contribution is -0.136. The van der Waals surface area contributed by atoms with E-state index in [1.54, 1.807) is 29.0 Å². The van der Waals surface area contributed by atoms with Crippen molar-refractivity contribution in [2.75, 3.05) is 25.0 Å². The Hall–Kier alpha value is -2.87. The van der Waals surface area contributed by atoms with Crippen molar-refractivity contribution in [1.29, 1.82) is 0 Å². The van der Waals surface area contributed by atoms with Crippen LogP contribution >= 0.6 is 12.2 Å². The van der Waals surface area contributed by atoms with Crippen LogP contribution in [-0.4, -0.2) is 52.0 Å². The first-order valence-corrected chi connectivity index (χ1v) is 8.62. The third-order valence-corrected chi connectivity index (χ3v) is 4.72. The second-order valence-corrected chi connectivity index (χ2v) is 6.18. The number of carbonyl (C=O) groups is 2. The van der Waals surface area contributed by atoms with E-state index >= 15 is 0 Å². The Bertz CT molecular complexity index is 833. The van der Waals surface area contributed by atoms with Crippen LogP contribution in [0.2, 0.25) is 0 Å². The average Bonchev–Trinajstić information content (AvgIpc) is 3.06. The van der Waals surface area contributed by atoms with Crippen molar-refractivity contribution in [3.05, 3.63) is 48.0 Å². The first-order valence-electron chi connectivity index (χ1n) is 8.21. The van der Waals surface area contributed by atoms with E-state index in [1.807, 2.05) is 31.2 Å². The summed E-state index contributed by atoms with van der Waals surface area (Å²) in [5, 5.41) is 9.45. The van der Waals surface area contributed by atoms with Crippen LogP contribution < -0.4 is 9.64 Å². The monoisotopic (exact) mass is 373 g/mol. The lowest BCUT2D eigenvalue weighted by Gasteiger charge is -2.17. The smallest absolute Gasteiger partial charge is 0.305 e. The highest BCUT2D eigenvalue weighted by atomic mass is 32.1. The fourth-order valence-electron chi connectivity index (χ4n) is 2.88. The summed E-state index contributed by atoms with van der Waals surface area (Å²) in [6.07, 6.45) is 3.30. The molecule has 0 saturated carbocycles. The van der Waals surface area contributed by atoms with E-state index in [9.17, 15) is 9.59 Å². The van der Waals surface area contributed by atoms with E-state index in [0.717, 1.165) is 5.69 Å². The van der Waals surface area contributed by atoms with Gasteiger partial charge in [-0.1, -0.05) is 12.1 Å². The Labute approximate surface area is 156 Å². The fourth-order valence-corrected chi connectivity index (χ4v) is 3.19. The molecule has 1 aromatic rings. The summed E-state index contributed by atoms with van der Waals surface area (Å²) < 4.78 is 5.84. The minimum absolute atomic E-state index is 0.0296. The third-order valence-electron chi connectivity index (χ3n) is 4.23. The molecule has 8 heteroatoms. The number of ether oxygens (including phenoxy) is 1. The number of rotatable bonds is 5. The summed E-state index contributed by atoms with van der Waals surface area (Å²) in [6, 6.07) is 7.40. The van der Waals surface area contributed by atoms with Crippen LogP contribution in [0.3, 0.4) is 0 Å². The molecule has 2 aliphatic rings. The number of anilines is 1. The van der Waals surface area contributed by atoms with Crippen molar-refractivity contribution in [2.24, 2.45) is 0 Å². The molecule has 26 heavy (non-hydrogen) atoms. The van der Waals surface area contributed by atoms with E-state index in [0.29, 0.717) is 29.0 Å². The SMILES string of the molecule is CCN1C(=O)/C(=C/C=C2\Oc3ccccc3N2CCC(=O)O)N(C)C1=S. The fraction of sp³-hybridized carbons (Fsp3) is 0.278. The molecule has 0 unspecified atom stereocenters. The largest absolute Gasteiger partial charge is 0.481 e. The maximum atomic E-state index is 12.4. The molecular weight excluding hydrogens is 354 g/mol. The quantitative estimate of drug-likeness (QED) is 0.626. The number of hydrogen-bond acceptors (Lipinski definition) is 5. The number of likely N-dealkylation sites (N-methyl/N-ethyl adjacent to an activating group) is 2. The summed E-state index contributed by atoms with van der Waals surface area (Å²) in [7, 11) is 1.74. The standard InChI is InChI=1S/C18H19N3O4S/c1-3-20-17(24)13(19(2)18(20)26)8-9-15-21(11-10-16(22)23)12-6-4-5-7-14(12)25-15/h4-9H,3,10-11H2,1-2H3,(H,22,23)/b13-8-,15-9-. The molecular formula is C18H19N3O4S. The average molecular weight is 373 g/mol. The predicted molar refractivity (Wildman–Crippen MR) is 101 cm³/mol. The molecule has 0 radical (unpaired) electrons. The third kappa shape index (κ3) is 3.15. The van der Waals surface area contributed by atoms with Crippen LogP contribution in [0.5, 0.6) is 5.75 Å². The number of para-hydroxylation sites is 2. The zero-order chi connectivity index (χ0) is 18.8. The number of thiocarbonyl (C=S) groups is 1. The highest BCUT2D eigenvalue weighted by Crippen LogP contribution is 2.38. The lowest BCUT2D eigenvalue weighted by Crippen LogP contribution is -2.30. The highest BCUT2D eigenvalue weighted by Gasteiger charge is 2.34. The van der Waals surface area contributed by atoms with Crippen molar-refractivity contribution >= 4 is 34.9 Å². The maximum Gasteiger partial charge on any atom is 0.305 e. The minimum Gasteiger partial charge on any atom is -0.481 e. The van der Waals surface area contributed by atoms with Crippen molar-refractivity contribution in [1.82, 2.24) is 9.80 Å². The van der Waals surface area contributed by atoms with Gasteiger partial charge in [-0.15, -0.1) is 0 Å². The van der Waals surface area contributed by atoms with Gasteiger partial charge in [0.1, 0.15) is 5.70 Å². The zero-order valence-electron chi connectivity index (χ0n) is 14.5. The summed E-state index contributed by atoms with van der Waals surface area (Å²) >= 11 is 5.28. The van der Waals surface area contributed by atoms with Gasteiger partial charge in [0.2, 0.25) is 5.88 Å². The number of benzene rings is 1. The maximum absolute atomic E-state index is 12.4. The highest BCUT2D eigenvalue weighted by molar-refractivity contribution is 7.80. The second-order valence-electron chi connectivity index (χ2n) is 5.81. The molecule has 0 aliphatic carbocycles. The number of nitrogens with zero attached hydrogens (tertiary/aromatic N) is 3. The van der Waals surface area contributed by atoms with Gasteiger partial charge in [-0.2, -0.15) is 0 Å². The van der Waals surface area contributed by atoms with Gasteiger partial charge in [0.25, 0.3) is 5.91 Å². The number of carboxylic acids is 1. The molecule has 1 fully saturated rings. The molecule has 1 amide bonds. The predicted octanol–water partition coefficient (Wildman–Crippen LogP) is 2.16. The number of carbonyl (C=O) groups excluding carboxylic acids is 1. The lowest BCUT2D eigenvalue weighted by atomic mass is 10.2. The number of allylic oxidation sites excluding steroid dienone is 2. The first kappa shape index (κ1) is 17.9. The number of hydrogen-bond donors (Lipinski definition) is 1. The Morgan fingerprint density at radius 2 is 2.00 bits per heavy atom. The van der Waals surface area contributed by atoms with E-state index < -0.39 is 5.97 Å². The van der Waals surface area contributed by atoms with Crippen molar-refractivity contribution in [2.45, 2.75) is 13.3 Å². The second kappa shape index (κ2) is 7.17. The first-order chi connectivity index (χ1) is 12.4. The van der Waals surface area contributed by atoms with Crippen molar-refractivity contribution in [3.63, 3.8) is 0 Å². The number of carboxylic acid groups (broad SMARTS) is 1. The Morgan fingerprint density at radius 1 is 1.27 bits per heavy atom. The van der Waals surface area contributed by atoms with E-state index in [-0.39, 0.29) is 18.9 Å². The Kier molecular flexibility index (Phi) is 4.94. The van der Waals surface area contributed by atoms with Crippen LogP contribution in [0.15, 0.2) is 48.0 Å². The van der Waals surface area contributed by atoms with E-state index in [4.69, 9.17) is 22.1 Å². The molecule has 7 nitrogen and oxygen atoms in total. The topological polar surface area (TPSA) is 73.3 Å². The molecule has 0 bridgehead atoms. The Balaban J connectivity index is 1.91. The number of amides is 1. The van der Waals surface area contributed by atoms with Gasteiger partial charge in [0.05, 0.1) is 12.1 Å². The van der Waals surface area contributed by atoms with Gasteiger partial charge in [-0.3, -0.25) is 14.5 Å². The molecule has 136 valence electrons. The van der Waals surface area contributed by atoms with Crippen LogP contribution in [0.1, 0.15) is 13.3 Å². The van der Waals surface area contributed by atoms with Crippen molar-refractivity contribution in [3.8, 4) is 5.75 Å². The summed E-state index contributed by atoms with van der Waals surface area (Å²) in [4.78, 5) is 28.4. The van der Waals surface area contributed by atoms with E-state index in [2.05, 4.69) is 0 Å². The molecule has 1 aromatic carbocycles. The summed E-state index contributed by atoms with van der Waals surface area (Å²) in [6.45, 7) is 2.64. The van der Waals surface area contributed by atoms with Crippen molar-refractivity contribution < 1.29 is 19.4 Å². The van der Waals surface area contributed by atoms with Gasteiger partial charge < -0.3 is 19.6 Å². The summed E-state index contributed by atoms with van der Waals surface area (Å²) in [5.41, 5.74) is 1.25. The molecule has 3 rings (SSSR count). The normalized spacial score (nSPS) is 19.5. The molecule has 2 heterocycles. The minimum atomic E-state index is -0.887. The van der Waals surface area contributed by atoms with Gasteiger partial charge in [0, 0.05) is 26.2 Å². The zero-order valence-corrected chi connectivity index (χ0v) is 15.3. The van der Waals surface area contributed by atoms with Gasteiger partial charge in [-0.05, 0) is 37.4 Å². The van der Waals surface area contributed by atoms with Gasteiger partial charge >= 0.3 is 5.97 Å². The molecule has 1 saturated heterocycles. The molecule has 2 aliphatic heterocycles. The van der Waals surface area contributed by atoms with Crippen LogP contribution in [0.25, 0.3) is 0 Å². The summed E-state index contributed by atoms with van der Waals surface area (Å²) in [5.74, 6) is 0.0764.